The van der Waals surface area contributed by atoms with Crippen LogP contribution in [0, 0.1) is 5.41 Å². The molecule has 0 N–H and O–H groups in total. The van der Waals surface area contributed by atoms with Crippen molar-refractivity contribution >= 4 is 40.9 Å². The third kappa shape index (κ3) is 4.95. The summed E-state index contributed by atoms with van der Waals surface area (Å²) in [6, 6.07) is 17.5. The maximum Gasteiger partial charge on any atom is 0.338 e. The molecular weight excluding hydrogens is 470 g/mol. The molecular formula is C27H22ClNO6. The molecule has 0 saturated carbocycles. The van der Waals surface area contributed by atoms with Gasteiger partial charge in [-0.15, -0.1) is 0 Å². The number of imide groups is 1. The highest BCUT2D eigenvalue weighted by molar-refractivity contribution is 6.34. The molecule has 4 rings (SSSR count). The molecule has 0 radical (unpaired) electrons. The van der Waals surface area contributed by atoms with Crippen molar-refractivity contribution in [2.45, 2.75) is 20.8 Å². The van der Waals surface area contributed by atoms with Crippen LogP contribution in [0.3, 0.4) is 0 Å². The first-order chi connectivity index (χ1) is 16.6. The smallest absolute Gasteiger partial charge is 0.338 e. The molecule has 0 aliphatic carbocycles. The van der Waals surface area contributed by atoms with Gasteiger partial charge in [0.25, 0.3) is 11.8 Å². The fourth-order valence-electron chi connectivity index (χ4n) is 3.35. The van der Waals surface area contributed by atoms with Gasteiger partial charge in [0, 0.05) is 5.41 Å². The molecule has 178 valence electrons. The lowest BCUT2D eigenvalue weighted by Crippen LogP contribution is -2.29. The van der Waals surface area contributed by atoms with Crippen molar-refractivity contribution in [3.05, 3.63) is 88.4 Å². The molecule has 1 aliphatic rings. The van der Waals surface area contributed by atoms with Gasteiger partial charge < -0.3 is 9.47 Å². The van der Waals surface area contributed by atoms with Crippen LogP contribution in [0.25, 0.3) is 0 Å². The van der Waals surface area contributed by atoms with Crippen molar-refractivity contribution in [2.75, 3.05) is 11.5 Å². The Labute approximate surface area is 207 Å². The quantitative estimate of drug-likeness (QED) is 0.324. The van der Waals surface area contributed by atoms with Crippen molar-refractivity contribution in [1.29, 1.82) is 0 Å². The Bertz CT molecular complexity index is 1340. The number of esters is 1. The number of para-hydroxylation sites is 1. The highest BCUT2D eigenvalue weighted by atomic mass is 35.5. The van der Waals surface area contributed by atoms with Gasteiger partial charge in [0.1, 0.15) is 11.5 Å². The van der Waals surface area contributed by atoms with E-state index in [9.17, 15) is 19.2 Å². The largest absolute Gasteiger partial charge is 0.456 e. The molecule has 3 aromatic rings. The first-order valence-electron chi connectivity index (χ1n) is 10.8. The second-order valence-corrected chi connectivity index (χ2v) is 9.39. The van der Waals surface area contributed by atoms with Crippen LogP contribution >= 0.6 is 11.6 Å². The van der Waals surface area contributed by atoms with E-state index in [0.29, 0.717) is 22.2 Å². The highest BCUT2D eigenvalue weighted by Crippen LogP contribution is 2.33. The van der Waals surface area contributed by atoms with Gasteiger partial charge in [-0.3, -0.25) is 14.4 Å². The molecule has 7 nitrogen and oxygen atoms in total. The van der Waals surface area contributed by atoms with Crippen molar-refractivity contribution in [2.24, 2.45) is 5.41 Å². The number of fused-ring (bicyclic) bond motifs is 1. The Morgan fingerprint density at radius 1 is 0.886 bits per heavy atom. The Balaban J connectivity index is 1.50. The molecule has 1 heterocycles. The van der Waals surface area contributed by atoms with Gasteiger partial charge in [0.2, 0.25) is 0 Å². The van der Waals surface area contributed by atoms with E-state index in [2.05, 4.69) is 0 Å². The lowest BCUT2D eigenvalue weighted by molar-refractivity contribution is -0.129. The topological polar surface area (TPSA) is 90.0 Å². The number of carbonyl (C=O) groups is 4. The van der Waals surface area contributed by atoms with Gasteiger partial charge in [-0.2, -0.15) is 0 Å². The number of ether oxygens (including phenoxy) is 2. The fourth-order valence-corrected chi connectivity index (χ4v) is 3.53. The van der Waals surface area contributed by atoms with Crippen LogP contribution in [0.5, 0.6) is 11.5 Å². The zero-order valence-electron chi connectivity index (χ0n) is 19.3. The normalized spacial score (nSPS) is 13.0. The molecule has 0 aromatic heterocycles. The Morgan fingerprint density at radius 2 is 1.54 bits per heavy atom. The fraction of sp³-hybridized carbons (Fsp3) is 0.185. The van der Waals surface area contributed by atoms with E-state index < -0.39 is 23.2 Å². The van der Waals surface area contributed by atoms with E-state index in [1.54, 1.807) is 69.3 Å². The van der Waals surface area contributed by atoms with Crippen LogP contribution in [0.1, 0.15) is 51.8 Å². The van der Waals surface area contributed by atoms with E-state index in [1.165, 1.54) is 18.2 Å². The predicted molar refractivity (Wildman–Crippen MR) is 130 cm³/mol. The standard InChI is InChI=1S/C27H22ClNO6/c1-27(2,3)23(30)15-34-26(33)16-8-13-19-20(14-16)25(32)29(24(19)31)17-9-11-18(12-10-17)35-22-7-5-4-6-21(22)28/h4-14H,15H2,1-3H3. The lowest BCUT2D eigenvalue weighted by atomic mass is 9.91. The molecule has 0 spiro atoms. The first-order valence-corrected chi connectivity index (χ1v) is 11.2. The minimum atomic E-state index is -0.745. The number of hydrogen-bond acceptors (Lipinski definition) is 6. The summed E-state index contributed by atoms with van der Waals surface area (Å²) in [6.07, 6.45) is 0. The van der Waals surface area contributed by atoms with Crippen molar-refractivity contribution in [1.82, 2.24) is 0 Å². The van der Waals surface area contributed by atoms with Gasteiger partial charge >= 0.3 is 5.97 Å². The second kappa shape index (κ2) is 9.35. The molecule has 0 fully saturated rings. The number of amides is 2. The summed E-state index contributed by atoms with van der Waals surface area (Å²) in [6.45, 7) is 4.81. The van der Waals surface area contributed by atoms with Crippen LogP contribution in [0.4, 0.5) is 5.69 Å². The minimum absolute atomic E-state index is 0.0805. The van der Waals surface area contributed by atoms with E-state index in [4.69, 9.17) is 21.1 Å². The summed E-state index contributed by atoms with van der Waals surface area (Å²) in [5, 5.41) is 0.453. The number of benzene rings is 3. The van der Waals surface area contributed by atoms with Gasteiger partial charge in [0.15, 0.2) is 12.4 Å². The third-order valence-electron chi connectivity index (χ3n) is 5.45. The number of rotatable bonds is 6. The zero-order valence-corrected chi connectivity index (χ0v) is 20.1. The van der Waals surface area contributed by atoms with Gasteiger partial charge in [-0.25, -0.2) is 9.69 Å². The van der Waals surface area contributed by atoms with Crippen LogP contribution in [0.15, 0.2) is 66.7 Å². The van der Waals surface area contributed by atoms with Crippen LogP contribution in [0.2, 0.25) is 5.02 Å². The molecule has 0 atom stereocenters. The number of anilines is 1. The minimum Gasteiger partial charge on any atom is -0.456 e. The molecule has 3 aromatic carbocycles. The van der Waals surface area contributed by atoms with Crippen LogP contribution < -0.4 is 9.64 Å². The Morgan fingerprint density at radius 3 is 2.20 bits per heavy atom. The first kappa shape index (κ1) is 24.2. The SMILES string of the molecule is CC(C)(C)C(=O)COC(=O)c1ccc2c(c1)C(=O)N(c1ccc(Oc3ccccc3Cl)cc1)C2=O. The summed E-state index contributed by atoms with van der Waals surface area (Å²) in [5.41, 5.74) is 0.0472. The zero-order chi connectivity index (χ0) is 25.3. The highest BCUT2D eigenvalue weighted by Gasteiger charge is 2.37. The predicted octanol–water partition coefficient (Wildman–Crippen LogP) is 5.70. The number of halogens is 1. The molecule has 8 heteroatoms. The van der Waals surface area contributed by atoms with E-state index in [0.717, 1.165) is 4.90 Å². The van der Waals surface area contributed by atoms with E-state index >= 15 is 0 Å². The summed E-state index contributed by atoms with van der Waals surface area (Å²) in [5.74, 6) is -1.09. The second-order valence-electron chi connectivity index (χ2n) is 8.98. The monoisotopic (exact) mass is 491 g/mol. The third-order valence-corrected chi connectivity index (χ3v) is 5.76. The van der Waals surface area contributed by atoms with Crippen LogP contribution in [-0.2, 0) is 9.53 Å². The average Bonchev–Trinajstić information content (AvgIpc) is 3.08. The van der Waals surface area contributed by atoms with Crippen LogP contribution in [-0.4, -0.2) is 30.2 Å². The number of ketones is 1. The maximum atomic E-state index is 13.1. The molecule has 35 heavy (non-hydrogen) atoms. The van der Waals surface area contributed by atoms with Crippen molar-refractivity contribution in [3.8, 4) is 11.5 Å². The van der Waals surface area contributed by atoms with Gasteiger partial charge in [-0.1, -0.05) is 44.5 Å². The summed E-state index contributed by atoms with van der Waals surface area (Å²) < 4.78 is 10.8. The van der Waals surface area contributed by atoms with Gasteiger partial charge in [-0.05, 0) is 54.6 Å². The number of hydrogen-bond donors (Lipinski definition) is 0. The van der Waals surface area contributed by atoms with Crippen molar-refractivity contribution < 1.29 is 28.7 Å². The number of nitrogens with zero attached hydrogens (tertiary/aromatic N) is 1. The van der Waals surface area contributed by atoms with Gasteiger partial charge in [0.05, 0.1) is 27.4 Å². The van der Waals surface area contributed by atoms with E-state index in [-0.39, 0.29) is 29.1 Å². The average molecular weight is 492 g/mol. The maximum absolute atomic E-state index is 13.1. The summed E-state index contributed by atoms with van der Waals surface area (Å²) in [4.78, 5) is 51.5. The summed E-state index contributed by atoms with van der Waals surface area (Å²) >= 11 is 6.12. The Hall–Kier alpha value is -3.97. The van der Waals surface area contributed by atoms with Crippen molar-refractivity contribution in [3.63, 3.8) is 0 Å². The van der Waals surface area contributed by atoms with E-state index in [1.807, 2.05) is 0 Å². The summed E-state index contributed by atoms with van der Waals surface area (Å²) in [7, 11) is 0. The molecule has 1 aliphatic heterocycles. The number of carbonyl (C=O) groups excluding carboxylic acids is 4. The molecule has 0 bridgehead atoms. The molecule has 2 amide bonds. The molecule has 0 saturated heterocycles. The molecule has 0 unspecified atom stereocenters. The lowest BCUT2D eigenvalue weighted by Gasteiger charge is -2.16. The Kier molecular flexibility index (Phi) is 6.45. The number of Topliss-reactive ketones (excluding diaryl/α,β-unsaturated/α-hetero) is 1.